The summed E-state index contributed by atoms with van der Waals surface area (Å²) in [5.74, 6) is 1.55. The number of rotatable bonds is 1. The van der Waals surface area contributed by atoms with E-state index < -0.39 is 16.5 Å². The Morgan fingerprint density at radius 2 is 2.00 bits per heavy atom. The molecule has 3 aliphatic rings. The van der Waals surface area contributed by atoms with E-state index in [1.54, 1.807) is 13.2 Å². The maximum atomic E-state index is 13.0. The zero-order valence-electron chi connectivity index (χ0n) is 21.9. The average Bonchev–Trinajstić information content (AvgIpc) is 2.92. The number of carbonyl (C=O) groups is 1. The summed E-state index contributed by atoms with van der Waals surface area (Å²) < 4.78 is 28.7. The summed E-state index contributed by atoms with van der Waals surface area (Å²) in [5, 5.41) is 0.750. The van der Waals surface area contributed by atoms with E-state index in [1.165, 1.54) is 11.1 Å². The highest BCUT2D eigenvalue weighted by Crippen LogP contribution is 2.42. The zero-order valence-corrected chi connectivity index (χ0v) is 23.5. The molecular formula is C30H36ClN2O4S-. The fourth-order valence-corrected chi connectivity index (χ4v) is 6.72. The molecule has 0 saturated heterocycles. The number of fused-ring (bicyclic) bond motifs is 3. The van der Waals surface area contributed by atoms with Crippen LogP contribution in [-0.2, 0) is 32.5 Å². The van der Waals surface area contributed by atoms with Gasteiger partial charge < -0.3 is 22.9 Å². The molecule has 3 atom stereocenters. The number of hydrogen-bond acceptors (Lipinski definition) is 6. The monoisotopic (exact) mass is 555 g/mol. The number of methoxy groups -OCH3 is 1. The van der Waals surface area contributed by atoms with Gasteiger partial charge in [-0.3, -0.25) is 4.79 Å². The predicted octanol–water partition coefficient (Wildman–Crippen LogP) is 6.74. The first-order valence-electron chi connectivity index (χ1n) is 13.6. The van der Waals surface area contributed by atoms with Crippen molar-refractivity contribution in [1.82, 2.24) is 0 Å². The molecule has 2 bridgehead atoms. The third-order valence-corrected chi connectivity index (χ3v) is 9.24. The summed E-state index contributed by atoms with van der Waals surface area (Å²) in [6.45, 7) is 2.10. The number of ether oxygens (including phenoxy) is 2. The molecule has 2 aromatic carbocycles. The van der Waals surface area contributed by atoms with E-state index in [1.807, 2.05) is 18.2 Å². The van der Waals surface area contributed by atoms with Crippen LogP contribution in [0, 0.1) is 11.8 Å². The summed E-state index contributed by atoms with van der Waals surface area (Å²) in [4.78, 5) is 15.4. The highest BCUT2D eigenvalue weighted by molar-refractivity contribution is 7.75. The topological polar surface area (TPSA) is 68.2 Å². The smallest absolute Gasteiger partial charge is 0.254 e. The predicted molar refractivity (Wildman–Crippen MR) is 152 cm³/mol. The van der Waals surface area contributed by atoms with Crippen molar-refractivity contribution >= 4 is 33.8 Å². The normalized spacial score (nSPS) is 25.2. The second-order valence-corrected chi connectivity index (χ2v) is 12.1. The Bertz CT molecular complexity index is 1270. The molecule has 204 valence electrons. The molecule has 3 unspecified atom stereocenters. The fourth-order valence-electron chi connectivity index (χ4n) is 5.73. The minimum Gasteiger partial charge on any atom is -0.491 e. The minimum atomic E-state index is -1.56. The largest absolute Gasteiger partial charge is 0.491 e. The molecule has 6 nitrogen and oxygen atoms in total. The first-order chi connectivity index (χ1) is 18.5. The SMILES string of the molecule is COC1C=CCCC[S-](=O)=NC(=O)c2ccc3c(c2)N(Cc2ccc(Cl)cc2CCCCO3)CC2CCC21. The first kappa shape index (κ1) is 27.2. The lowest BCUT2D eigenvalue weighted by atomic mass is 9.70. The zero-order chi connectivity index (χ0) is 26.5. The van der Waals surface area contributed by atoms with E-state index in [9.17, 15) is 9.00 Å². The quantitative estimate of drug-likeness (QED) is 0.288. The Morgan fingerprint density at radius 1 is 1.11 bits per heavy atom. The Labute approximate surface area is 232 Å². The molecular weight excluding hydrogens is 520 g/mol. The fraction of sp³-hybridized carbons (Fsp3) is 0.500. The number of allylic oxidation sites excluding steroid dienone is 1. The van der Waals surface area contributed by atoms with Crippen LogP contribution >= 0.6 is 11.6 Å². The van der Waals surface area contributed by atoms with Gasteiger partial charge in [0.1, 0.15) is 5.75 Å². The molecule has 0 aromatic heterocycles. The van der Waals surface area contributed by atoms with Gasteiger partial charge in [0, 0.05) is 30.8 Å². The number of aryl methyl sites for hydroxylation is 1. The van der Waals surface area contributed by atoms with Gasteiger partial charge in [-0.2, -0.15) is 10.6 Å². The van der Waals surface area contributed by atoms with Gasteiger partial charge in [0.2, 0.25) is 0 Å². The van der Waals surface area contributed by atoms with Crippen molar-refractivity contribution < 1.29 is 18.5 Å². The lowest BCUT2D eigenvalue weighted by Crippen LogP contribution is -2.43. The van der Waals surface area contributed by atoms with Gasteiger partial charge in [-0.25, -0.2) is 0 Å². The van der Waals surface area contributed by atoms with Crippen LogP contribution < -0.4 is 9.64 Å². The highest BCUT2D eigenvalue weighted by atomic mass is 35.5. The lowest BCUT2D eigenvalue weighted by Gasteiger charge is -2.43. The summed E-state index contributed by atoms with van der Waals surface area (Å²) in [5.41, 5.74) is 3.80. The van der Waals surface area contributed by atoms with Crippen LogP contribution in [0.1, 0.15) is 60.0 Å². The molecule has 0 spiro atoms. The molecule has 38 heavy (non-hydrogen) atoms. The van der Waals surface area contributed by atoms with Crippen molar-refractivity contribution in [3.05, 3.63) is 70.3 Å². The van der Waals surface area contributed by atoms with Crippen molar-refractivity contribution in [2.75, 3.05) is 30.9 Å². The van der Waals surface area contributed by atoms with Crippen LogP contribution in [0.2, 0.25) is 5.02 Å². The number of anilines is 1. The summed E-state index contributed by atoms with van der Waals surface area (Å²) >= 11 is 6.39. The molecule has 2 aromatic rings. The van der Waals surface area contributed by atoms with E-state index in [0.29, 0.717) is 42.7 Å². The molecule has 1 fully saturated rings. The van der Waals surface area contributed by atoms with Gasteiger partial charge in [0.05, 0.1) is 18.4 Å². The van der Waals surface area contributed by atoms with Crippen molar-refractivity contribution in [1.29, 1.82) is 0 Å². The van der Waals surface area contributed by atoms with Gasteiger partial charge in [-0.05, 0) is 91.8 Å². The maximum absolute atomic E-state index is 13.0. The molecule has 0 radical (unpaired) electrons. The second-order valence-electron chi connectivity index (χ2n) is 10.5. The molecule has 5 rings (SSSR count). The number of benzene rings is 2. The van der Waals surface area contributed by atoms with Crippen molar-refractivity contribution in [3.8, 4) is 5.75 Å². The van der Waals surface area contributed by atoms with E-state index in [2.05, 4.69) is 33.5 Å². The molecule has 1 aliphatic carbocycles. The minimum absolute atomic E-state index is 0.0514. The lowest BCUT2D eigenvalue weighted by molar-refractivity contribution is 0.0134. The van der Waals surface area contributed by atoms with E-state index in [0.717, 1.165) is 61.5 Å². The number of halogens is 1. The van der Waals surface area contributed by atoms with Gasteiger partial charge in [-0.15, -0.1) is 0 Å². The molecule has 1 saturated carbocycles. The van der Waals surface area contributed by atoms with Gasteiger partial charge in [0.25, 0.3) is 5.91 Å². The van der Waals surface area contributed by atoms with Crippen LogP contribution in [0.15, 0.2) is 52.9 Å². The molecule has 2 aliphatic heterocycles. The molecule has 1 amide bonds. The number of amides is 1. The Hall–Kier alpha value is -2.35. The van der Waals surface area contributed by atoms with Crippen LogP contribution in [0.4, 0.5) is 5.69 Å². The Morgan fingerprint density at radius 3 is 2.82 bits per heavy atom. The van der Waals surface area contributed by atoms with E-state index in [-0.39, 0.29) is 6.10 Å². The Balaban J connectivity index is 1.60. The summed E-state index contributed by atoms with van der Waals surface area (Å²) in [6.07, 6.45) is 11.0. The summed E-state index contributed by atoms with van der Waals surface area (Å²) in [7, 11) is 0.224. The van der Waals surface area contributed by atoms with Crippen LogP contribution in [0.25, 0.3) is 0 Å². The third kappa shape index (κ3) is 6.44. The van der Waals surface area contributed by atoms with Crippen LogP contribution in [-0.4, -0.2) is 38.0 Å². The third-order valence-electron chi connectivity index (χ3n) is 8.00. The number of hydrogen-bond donors (Lipinski definition) is 0. The van der Waals surface area contributed by atoms with Crippen LogP contribution in [0.3, 0.4) is 0 Å². The average molecular weight is 556 g/mol. The van der Waals surface area contributed by atoms with Crippen molar-refractivity contribution in [3.63, 3.8) is 0 Å². The van der Waals surface area contributed by atoms with Gasteiger partial charge >= 0.3 is 0 Å². The standard InChI is InChI=1S/C30H36ClN2O4S/c1-36-28-8-3-2-6-16-38(35)32-30(34)22-11-14-29-27(18-22)33(20-24-10-13-26(24)28)19-23-9-12-25(31)17-21(23)7-4-5-15-37-29/h3,8-9,11-12,14,17-18,24,26,28H,2,4-7,10,13,15-16,19-20H2,1H3/q-1. The maximum Gasteiger partial charge on any atom is 0.254 e. The van der Waals surface area contributed by atoms with Crippen molar-refractivity contribution in [2.24, 2.45) is 16.2 Å². The highest BCUT2D eigenvalue weighted by Gasteiger charge is 2.37. The second kappa shape index (κ2) is 12.7. The number of nitrogens with zero attached hydrogens (tertiary/aromatic N) is 2. The van der Waals surface area contributed by atoms with E-state index >= 15 is 0 Å². The molecule has 2 heterocycles. The van der Waals surface area contributed by atoms with Crippen LogP contribution in [0.5, 0.6) is 5.75 Å². The molecule has 8 heteroatoms. The summed E-state index contributed by atoms with van der Waals surface area (Å²) in [6, 6.07) is 11.7. The Kier molecular flexibility index (Phi) is 9.08. The van der Waals surface area contributed by atoms with Crippen molar-refractivity contribution in [2.45, 2.75) is 57.6 Å². The number of carbonyl (C=O) groups excluding carboxylic acids is 1. The van der Waals surface area contributed by atoms with E-state index in [4.69, 9.17) is 21.1 Å². The van der Waals surface area contributed by atoms with Gasteiger partial charge in [0.15, 0.2) is 0 Å². The van der Waals surface area contributed by atoms with Gasteiger partial charge in [-0.1, -0.05) is 42.0 Å². The molecule has 0 N–H and O–H groups in total. The first-order valence-corrected chi connectivity index (χ1v) is 15.3.